The molecule has 0 amide bonds. The average molecular weight is 409 g/mol. The van der Waals surface area contributed by atoms with Crippen LogP contribution in [-0.4, -0.2) is 5.16 Å². The van der Waals surface area contributed by atoms with Crippen molar-refractivity contribution in [2.24, 2.45) is 0 Å². The Morgan fingerprint density at radius 3 is 1.92 bits per heavy atom. The minimum Gasteiger partial charge on any atom is -0.400 e. The van der Waals surface area contributed by atoms with Gasteiger partial charge in [-0.05, 0) is 47.1 Å². The predicted molar refractivity (Wildman–Crippen MR) is 94.3 cm³/mol. The average Bonchev–Trinajstić information content (AvgIpc) is 2.88. The lowest BCUT2D eigenvalue weighted by Gasteiger charge is -2.19. The Balaban J connectivity index is 1.90. The summed E-state index contributed by atoms with van der Waals surface area (Å²) >= 11 is 3.32. The molecule has 1 N–H and O–H groups in total. The maximum absolute atomic E-state index is 13.2. The molecule has 0 bridgehead atoms. The Morgan fingerprint density at radius 2 is 1.50 bits per heavy atom. The molecule has 0 saturated carbocycles. The summed E-state index contributed by atoms with van der Waals surface area (Å²) in [5, 5.41) is 6.47. The Bertz CT molecular complexity index is 810. The number of anilines is 1. The largest absolute Gasteiger partial charge is 0.544 e. The third-order valence-corrected chi connectivity index (χ3v) is 5.28. The van der Waals surface area contributed by atoms with Gasteiger partial charge in [0.25, 0.3) is 0 Å². The van der Waals surface area contributed by atoms with Gasteiger partial charge in [0, 0.05) is 0 Å². The number of halogens is 1. The van der Waals surface area contributed by atoms with Crippen molar-refractivity contribution in [1.82, 2.24) is 5.16 Å². The molecule has 0 unspecified atom stereocenters. The fourth-order valence-corrected chi connectivity index (χ4v) is 3.58. The first-order valence-electron chi connectivity index (χ1n) is 7.05. The molecule has 2 aromatic carbocycles. The molecule has 124 valence electrons. The zero-order valence-electron chi connectivity index (χ0n) is 12.7. The molecule has 0 aliphatic rings. The molecule has 0 saturated heterocycles. The van der Waals surface area contributed by atoms with Gasteiger partial charge >= 0.3 is 7.75 Å². The first-order chi connectivity index (χ1) is 11.6. The molecule has 0 spiro atoms. The maximum Gasteiger partial charge on any atom is 0.544 e. The summed E-state index contributed by atoms with van der Waals surface area (Å²) in [6.45, 7) is 1.75. The van der Waals surface area contributed by atoms with Crippen molar-refractivity contribution in [3.05, 3.63) is 70.8 Å². The number of para-hydroxylation sites is 2. The van der Waals surface area contributed by atoms with Crippen molar-refractivity contribution in [2.45, 2.75) is 6.92 Å². The van der Waals surface area contributed by atoms with Crippen LogP contribution in [0.2, 0.25) is 0 Å². The zero-order chi connectivity index (χ0) is 17.0. The highest BCUT2D eigenvalue weighted by atomic mass is 79.9. The van der Waals surface area contributed by atoms with Crippen molar-refractivity contribution in [1.29, 1.82) is 0 Å². The molecule has 8 heteroatoms. The van der Waals surface area contributed by atoms with E-state index < -0.39 is 7.75 Å². The smallest absolute Gasteiger partial charge is 0.400 e. The molecular weight excluding hydrogens is 395 g/mol. The van der Waals surface area contributed by atoms with E-state index in [9.17, 15) is 4.57 Å². The second-order valence-corrected chi connectivity index (χ2v) is 7.21. The SMILES string of the molecule is Cc1noc(NP(=O)(Oc2ccccc2)Oc2ccccc2)c1Br. The lowest BCUT2D eigenvalue weighted by Crippen LogP contribution is -2.09. The number of nitrogens with one attached hydrogen (secondary N) is 1. The van der Waals surface area contributed by atoms with E-state index in [-0.39, 0.29) is 5.88 Å². The third kappa shape index (κ3) is 3.99. The highest BCUT2D eigenvalue weighted by molar-refractivity contribution is 9.10. The summed E-state index contributed by atoms with van der Waals surface area (Å²) in [7, 11) is -3.81. The summed E-state index contributed by atoms with van der Waals surface area (Å²) < 4.78 is 30.1. The second kappa shape index (κ2) is 7.11. The van der Waals surface area contributed by atoms with E-state index in [1.54, 1.807) is 55.5 Å². The maximum atomic E-state index is 13.2. The summed E-state index contributed by atoms with van der Waals surface area (Å²) in [6, 6.07) is 17.5. The molecule has 1 heterocycles. The normalized spacial score (nSPS) is 11.1. The molecule has 6 nitrogen and oxygen atoms in total. The van der Waals surface area contributed by atoms with Crippen LogP contribution >= 0.6 is 23.7 Å². The van der Waals surface area contributed by atoms with E-state index in [1.807, 2.05) is 12.1 Å². The summed E-state index contributed by atoms with van der Waals surface area (Å²) in [5.41, 5.74) is 0.614. The molecule has 24 heavy (non-hydrogen) atoms. The molecule has 3 aromatic rings. The van der Waals surface area contributed by atoms with Crippen molar-refractivity contribution < 1.29 is 18.1 Å². The Morgan fingerprint density at radius 1 is 1.00 bits per heavy atom. The van der Waals surface area contributed by atoms with Crippen molar-refractivity contribution in [3.63, 3.8) is 0 Å². The van der Waals surface area contributed by atoms with Crippen LogP contribution in [0.4, 0.5) is 5.88 Å². The minimum absolute atomic E-state index is 0.169. The molecule has 0 aliphatic carbocycles. The second-order valence-electron chi connectivity index (χ2n) is 4.83. The Hall–Kier alpha value is -2.24. The van der Waals surface area contributed by atoms with Crippen LogP contribution in [0.25, 0.3) is 0 Å². The van der Waals surface area contributed by atoms with E-state index >= 15 is 0 Å². The van der Waals surface area contributed by atoms with Crippen LogP contribution in [-0.2, 0) is 4.57 Å². The fourth-order valence-electron chi connectivity index (χ4n) is 1.86. The summed E-state index contributed by atoms with van der Waals surface area (Å²) in [6.07, 6.45) is 0. The highest BCUT2D eigenvalue weighted by Gasteiger charge is 2.32. The lowest BCUT2D eigenvalue weighted by molar-refractivity contribution is 0.385. The quantitative estimate of drug-likeness (QED) is 0.548. The number of aromatic nitrogens is 1. The fraction of sp³-hybridized carbons (Fsp3) is 0.0625. The molecule has 3 rings (SSSR count). The highest BCUT2D eigenvalue weighted by Crippen LogP contribution is 2.49. The van der Waals surface area contributed by atoms with Crippen LogP contribution in [0.5, 0.6) is 11.5 Å². The summed E-state index contributed by atoms with van der Waals surface area (Å²) in [4.78, 5) is 0. The number of aryl methyl sites for hydroxylation is 1. The van der Waals surface area contributed by atoms with E-state index in [2.05, 4.69) is 26.2 Å². The van der Waals surface area contributed by atoms with E-state index in [1.165, 1.54) is 0 Å². The van der Waals surface area contributed by atoms with Gasteiger partial charge in [-0.25, -0.2) is 9.65 Å². The molecule has 0 fully saturated rings. The molecule has 0 aliphatic heterocycles. The number of rotatable bonds is 6. The van der Waals surface area contributed by atoms with Gasteiger partial charge in [0.1, 0.15) is 16.0 Å². The van der Waals surface area contributed by atoms with Crippen molar-refractivity contribution >= 4 is 29.6 Å². The van der Waals surface area contributed by atoms with Gasteiger partial charge in [0.2, 0.25) is 5.88 Å². The molecule has 0 atom stereocenters. The monoisotopic (exact) mass is 408 g/mol. The lowest BCUT2D eigenvalue weighted by atomic mass is 10.3. The number of benzene rings is 2. The number of nitrogens with zero attached hydrogens (tertiary/aromatic N) is 1. The van der Waals surface area contributed by atoms with E-state index in [0.29, 0.717) is 21.7 Å². The van der Waals surface area contributed by atoms with Gasteiger partial charge in [-0.1, -0.05) is 41.6 Å². The third-order valence-electron chi connectivity index (χ3n) is 2.97. The number of hydrogen-bond donors (Lipinski definition) is 1. The van der Waals surface area contributed by atoms with Crippen LogP contribution in [0.3, 0.4) is 0 Å². The molecule has 0 radical (unpaired) electrons. The van der Waals surface area contributed by atoms with Gasteiger partial charge in [0.05, 0.1) is 5.69 Å². The van der Waals surface area contributed by atoms with Gasteiger partial charge < -0.3 is 13.6 Å². The first-order valence-corrected chi connectivity index (χ1v) is 9.39. The summed E-state index contributed by atoms with van der Waals surface area (Å²) in [5.74, 6) is 0.968. The predicted octanol–water partition coefficient (Wildman–Crippen LogP) is 5.42. The molecular formula is C16H14BrN2O4P. The first kappa shape index (κ1) is 16.6. The van der Waals surface area contributed by atoms with Crippen LogP contribution < -0.4 is 14.1 Å². The Kier molecular flexibility index (Phi) is 4.92. The van der Waals surface area contributed by atoms with Crippen LogP contribution in [0, 0.1) is 6.92 Å². The van der Waals surface area contributed by atoms with Gasteiger partial charge in [-0.2, -0.15) is 0 Å². The van der Waals surface area contributed by atoms with E-state index in [4.69, 9.17) is 13.6 Å². The Labute approximate surface area is 147 Å². The van der Waals surface area contributed by atoms with Gasteiger partial charge in [-0.15, -0.1) is 0 Å². The van der Waals surface area contributed by atoms with Crippen LogP contribution in [0.15, 0.2) is 69.7 Å². The zero-order valence-corrected chi connectivity index (χ0v) is 15.2. The topological polar surface area (TPSA) is 73.6 Å². The van der Waals surface area contributed by atoms with Crippen molar-refractivity contribution in [3.8, 4) is 11.5 Å². The minimum atomic E-state index is -3.81. The van der Waals surface area contributed by atoms with E-state index in [0.717, 1.165) is 0 Å². The molecule has 1 aromatic heterocycles. The van der Waals surface area contributed by atoms with Crippen LogP contribution in [0.1, 0.15) is 5.69 Å². The van der Waals surface area contributed by atoms with Gasteiger partial charge in [0.15, 0.2) is 0 Å². The number of hydrogen-bond acceptors (Lipinski definition) is 5. The van der Waals surface area contributed by atoms with Crippen molar-refractivity contribution in [2.75, 3.05) is 5.09 Å². The standard InChI is InChI=1S/C16H14BrN2O4P/c1-12-15(17)16(21-18-12)19-24(20,22-13-8-4-2-5-9-13)23-14-10-6-3-7-11-14/h2-11H,1H3,(H,19,20). The van der Waals surface area contributed by atoms with Gasteiger partial charge in [-0.3, -0.25) is 0 Å².